The first-order valence-corrected chi connectivity index (χ1v) is 10.5. The number of nitrogens with zero attached hydrogens (tertiary/aromatic N) is 1. The van der Waals surface area contributed by atoms with Gasteiger partial charge < -0.3 is 5.32 Å². The first-order chi connectivity index (χ1) is 14.5. The van der Waals surface area contributed by atoms with Crippen LogP contribution in [0.2, 0.25) is 10.2 Å². The Morgan fingerprint density at radius 2 is 1.73 bits per heavy atom. The summed E-state index contributed by atoms with van der Waals surface area (Å²) < 4.78 is 13.4. The first-order valence-electron chi connectivity index (χ1n) is 9.71. The molecule has 0 radical (unpaired) electrons. The summed E-state index contributed by atoms with van der Waals surface area (Å²) in [5.41, 5.74) is 3.71. The molecule has 0 aliphatic rings. The summed E-state index contributed by atoms with van der Waals surface area (Å²) in [4.78, 5) is 4.52. The minimum absolute atomic E-state index is 0.0977. The molecule has 0 unspecified atom stereocenters. The molecular weight excluding hydrogens is 420 g/mol. The van der Waals surface area contributed by atoms with E-state index in [1.165, 1.54) is 17.7 Å². The molecule has 6 heteroatoms. The van der Waals surface area contributed by atoms with Crippen LogP contribution in [-0.4, -0.2) is 12.0 Å². The molecule has 0 fully saturated rings. The minimum atomic E-state index is -0.275. The van der Waals surface area contributed by atoms with Crippen LogP contribution in [0.3, 0.4) is 0 Å². The Hall–Kier alpha value is -2.40. The molecule has 30 heavy (non-hydrogen) atoms. The van der Waals surface area contributed by atoms with E-state index < -0.39 is 0 Å². The van der Waals surface area contributed by atoms with Crippen LogP contribution in [0.4, 0.5) is 4.39 Å². The number of pyridine rings is 1. The van der Waals surface area contributed by atoms with Gasteiger partial charge in [0.05, 0.1) is 17.8 Å². The van der Waals surface area contributed by atoms with E-state index in [-0.39, 0.29) is 17.9 Å². The zero-order valence-electron chi connectivity index (χ0n) is 16.7. The highest BCUT2D eigenvalue weighted by Crippen LogP contribution is 2.27. The average molecular weight is 444 g/mol. The van der Waals surface area contributed by atoms with E-state index >= 15 is 0 Å². The van der Waals surface area contributed by atoms with Gasteiger partial charge in [-0.2, -0.15) is 0 Å². The standard InChI is InChI=1S/C24H24Cl2FN3/c1-16(28-2)24(18-9-13-20(27)14-10-18)30-22(21-4-3-5-23(26)29-21)15-8-17-6-11-19(25)12-7-17/h3-7,9-14,22,24,28,30H,1,8,15H2,2H3/t22-,24-/m0/s1. The maximum Gasteiger partial charge on any atom is 0.129 e. The average Bonchev–Trinajstić information content (AvgIpc) is 2.75. The SMILES string of the molecule is C=C(NC)[C@H](N[C@@H](CCc1ccc(Cl)cc1)c1cccc(Cl)n1)c1ccc(F)cc1. The van der Waals surface area contributed by atoms with E-state index in [2.05, 4.69) is 22.2 Å². The van der Waals surface area contributed by atoms with Gasteiger partial charge in [-0.05, 0) is 60.4 Å². The molecule has 3 rings (SSSR count). The van der Waals surface area contributed by atoms with Gasteiger partial charge >= 0.3 is 0 Å². The molecule has 156 valence electrons. The number of benzene rings is 2. The molecule has 0 aliphatic carbocycles. The van der Waals surface area contributed by atoms with Gasteiger partial charge in [-0.15, -0.1) is 0 Å². The fraction of sp³-hybridized carbons (Fsp3) is 0.208. The zero-order valence-corrected chi connectivity index (χ0v) is 18.2. The van der Waals surface area contributed by atoms with E-state index in [4.69, 9.17) is 23.2 Å². The molecule has 0 bridgehead atoms. The number of rotatable bonds is 9. The van der Waals surface area contributed by atoms with Gasteiger partial charge in [0, 0.05) is 17.8 Å². The number of nitrogens with one attached hydrogen (secondary N) is 2. The first kappa shape index (κ1) is 22.3. The second kappa shape index (κ2) is 10.6. The molecule has 0 aliphatic heterocycles. The molecule has 0 amide bonds. The molecule has 3 nitrogen and oxygen atoms in total. The van der Waals surface area contributed by atoms with Gasteiger partial charge in [0.1, 0.15) is 11.0 Å². The van der Waals surface area contributed by atoms with Crippen molar-refractivity contribution in [1.82, 2.24) is 15.6 Å². The fourth-order valence-electron chi connectivity index (χ4n) is 3.30. The van der Waals surface area contributed by atoms with Crippen molar-refractivity contribution in [3.63, 3.8) is 0 Å². The second-order valence-electron chi connectivity index (χ2n) is 7.03. The number of halogens is 3. The molecule has 1 heterocycles. The molecule has 2 N–H and O–H groups in total. The molecule has 0 spiro atoms. The van der Waals surface area contributed by atoms with Gasteiger partial charge in [-0.1, -0.05) is 60.1 Å². The molecule has 0 saturated carbocycles. The summed E-state index contributed by atoms with van der Waals surface area (Å²) in [5, 5.41) is 7.90. The number of likely N-dealkylation sites (N-methyl/N-ethyl adjacent to an activating group) is 1. The second-order valence-corrected chi connectivity index (χ2v) is 7.85. The quantitative estimate of drug-likeness (QED) is 0.382. The van der Waals surface area contributed by atoms with Crippen LogP contribution in [0.5, 0.6) is 0 Å². The van der Waals surface area contributed by atoms with Crippen LogP contribution in [0.25, 0.3) is 0 Å². The lowest BCUT2D eigenvalue weighted by atomic mass is 9.98. The predicted octanol–water partition coefficient (Wildman–Crippen LogP) is 6.27. The van der Waals surface area contributed by atoms with Crippen molar-refractivity contribution in [2.45, 2.75) is 24.9 Å². The van der Waals surface area contributed by atoms with Crippen molar-refractivity contribution in [3.8, 4) is 0 Å². The molecule has 2 aromatic carbocycles. The summed E-state index contributed by atoms with van der Waals surface area (Å²) in [5.74, 6) is -0.275. The lowest BCUT2D eigenvalue weighted by Gasteiger charge is -2.28. The Bertz CT molecular complexity index is 975. The number of aryl methyl sites for hydroxylation is 1. The zero-order chi connectivity index (χ0) is 21.5. The van der Waals surface area contributed by atoms with E-state index in [0.717, 1.165) is 29.8 Å². The number of aromatic nitrogens is 1. The van der Waals surface area contributed by atoms with Crippen LogP contribution in [0.1, 0.15) is 35.3 Å². The molecule has 3 aromatic rings. The fourth-order valence-corrected chi connectivity index (χ4v) is 3.59. The Labute approximate surface area is 187 Å². The van der Waals surface area contributed by atoms with E-state index in [9.17, 15) is 4.39 Å². The number of hydrogen-bond donors (Lipinski definition) is 2. The van der Waals surface area contributed by atoms with Gasteiger partial charge in [0.2, 0.25) is 0 Å². The highest BCUT2D eigenvalue weighted by Gasteiger charge is 2.22. The summed E-state index contributed by atoms with van der Waals surface area (Å²) in [6, 6.07) is 19.5. The van der Waals surface area contributed by atoms with Crippen molar-refractivity contribution >= 4 is 23.2 Å². The summed E-state index contributed by atoms with van der Waals surface area (Å²) in [7, 11) is 1.82. The van der Waals surface area contributed by atoms with Gasteiger partial charge in [0.25, 0.3) is 0 Å². The van der Waals surface area contributed by atoms with Crippen molar-refractivity contribution < 1.29 is 4.39 Å². The Morgan fingerprint density at radius 3 is 2.37 bits per heavy atom. The maximum absolute atomic E-state index is 13.4. The van der Waals surface area contributed by atoms with Crippen LogP contribution >= 0.6 is 23.2 Å². The molecular formula is C24H24Cl2FN3. The summed E-state index contributed by atoms with van der Waals surface area (Å²) in [6.07, 6.45) is 1.61. The monoisotopic (exact) mass is 443 g/mol. The third-order valence-electron chi connectivity index (χ3n) is 4.97. The maximum atomic E-state index is 13.4. The van der Waals surface area contributed by atoms with E-state index in [0.29, 0.717) is 10.2 Å². The highest BCUT2D eigenvalue weighted by molar-refractivity contribution is 6.30. The van der Waals surface area contributed by atoms with Crippen LogP contribution in [0.15, 0.2) is 79.0 Å². The summed E-state index contributed by atoms with van der Waals surface area (Å²) >= 11 is 12.2. The van der Waals surface area contributed by atoms with Crippen LogP contribution < -0.4 is 10.6 Å². The van der Waals surface area contributed by atoms with Crippen LogP contribution in [-0.2, 0) is 6.42 Å². The van der Waals surface area contributed by atoms with Gasteiger partial charge in [-0.25, -0.2) is 9.37 Å². The summed E-state index contributed by atoms with van der Waals surface area (Å²) in [6.45, 7) is 4.14. The van der Waals surface area contributed by atoms with Crippen molar-refractivity contribution in [2.24, 2.45) is 0 Å². The Balaban J connectivity index is 1.87. The van der Waals surface area contributed by atoms with Crippen LogP contribution in [0, 0.1) is 5.82 Å². The highest BCUT2D eigenvalue weighted by atomic mass is 35.5. The van der Waals surface area contributed by atoms with Gasteiger partial charge in [0.15, 0.2) is 0 Å². The number of hydrogen-bond acceptors (Lipinski definition) is 3. The normalized spacial score (nSPS) is 12.9. The molecule has 2 atom stereocenters. The Kier molecular flexibility index (Phi) is 7.86. The topological polar surface area (TPSA) is 37.0 Å². The van der Waals surface area contributed by atoms with Crippen molar-refractivity contribution in [1.29, 1.82) is 0 Å². The van der Waals surface area contributed by atoms with E-state index in [1.807, 2.05) is 43.4 Å². The third-order valence-corrected chi connectivity index (χ3v) is 5.43. The smallest absolute Gasteiger partial charge is 0.129 e. The molecule has 1 aromatic heterocycles. The van der Waals surface area contributed by atoms with Gasteiger partial charge in [-0.3, -0.25) is 5.32 Å². The van der Waals surface area contributed by atoms with Crippen molar-refractivity contribution in [2.75, 3.05) is 7.05 Å². The lowest BCUT2D eigenvalue weighted by Crippen LogP contribution is -2.32. The predicted molar refractivity (Wildman–Crippen MR) is 122 cm³/mol. The molecule has 0 saturated heterocycles. The largest absolute Gasteiger partial charge is 0.390 e. The minimum Gasteiger partial charge on any atom is -0.390 e. The van der Waals surface area contributed by atoms with E-state index in [1.54, 1.807) is 18.2 Å². The lowest BCUT2D eigenvalue weighted by molar-refractivity contribution is 0.438. The third kappa shape index (κ3) is 6.05. The Morgan fingerprint density at radius 1 is 1.03 bits per heavy atom. The van der Waals surface area contributed by atoms with Crippen molar-refractivity contribution in [3.05, 3.63) is 112 Å².